The summed E-state index contributed by atoms with van der Waals surface area (Å²) in [6, 6.07) is 14.2. The number of aryl methyl sites for hydroxylation is 1. The van der Waals surface area contributed by atoms with Crippen LogP contribution >= 0.6 is 0 Å². The number of nitrogens with zero attached hydrogens (tertiary/aromatic N) is 1. The number of fused-ring (bicyclic) bond motifs is 3. The lowest BCUT2D eigenvalue weighted by Crippen LogP contribution is -2.14. The fourth-order valence-electron chi connectivity index (χ4n) is 4.52. The molecule has 0 saturated carbocycles. The number of esters is 1. The van der Waals surface area contributed by atoms with Crippen LogP contribution in [0.25, 0.3) is 11.3 Å². The SMILES string of the molecule is COCCCOC(=O)c1cn(S(=O)(=O)c2cccc(OCCCOC)c2)c2c1CCCc1ccccc1-2. The third-order valence-electron chi connectivity index (χ3n) is 6.29. The van der Waals surface area contributed by atoms with Crippen molar-refractivity contribution in [1.29, 1.82) is 0 Å². The van der Waals surface area contributed by atoms with E-state index in [4.69, 9.17) is 18.9 Å². The van der Waals surface area contributed by atoms with Crippen LogP contribution in [0.15, 0.2) is 59.6 Å². The summed E-state index contributed by atoms with van der Waals surface area (Å²) in [7, 11) is -0.848. The van der Waals surface area contributed by atoms with Crippen molar-refractivity contribution in [3.8, 4) is 17.0 Å². The third-order valence-corrected chi connectivity index (χ3v) is 7.95. The van der Waals surface area contributed by atoms with E-state index in [1.165, 1.54) is 22.3 Å². The van der Waals surface area contributed by atoms with Crippen molar-refractivity contribution in [2.75, 3.05) is 40.6 Å². The fraction of sp³-hybridized carbons (Fsp3) is 0.393. The topological polar surface area (TPSA) is 93.1 Å². The second-order valence-electron chi connectivity index (χ2n) is 8.83. The molecule has 0 aliphatic heterocycles. The van der Waals surface area contributed by atoms with E-state index >= 15 is 0 Å². The van der Waals surface area contributed by atoms with Gasteiger partial charge in [-0.3, -0.25) is 0 Å². The minimum absolute atomic E-state index is 0.0799. The number of benzene rings is 2. The lowest BCUT2D eigenvalue weighted by molar-refractivity contribution is 0.0467. The van der Waals surface area contributed by atoms with Crippen molar-refractivity contribution in [2.24, 2.45) is 0 Å². The summed E-state index contributed by atoms with van der Waals surface area (Å²) in [5, 5.41) is 0. The number of ether oxygens (including phenoxy) is 4. The number of carbonyl (C=O) groups excluding carboxylic acids is 1. The molecular weight excluding hydrogens is 494 g/mol. The first-order chi connectivity index (χ1) is 18.0. The number of methoxy groups -OCH3 is 2. The van der Waals surface area contributed by atoms with Crippen LogP contribution in [-0.2, 0) is 37.1 Å². The molecule has 0 radical (unpaired) electrons. The summed E-state index contributed by atoms with van der Waals surface area (Å²) in [5.41, 5.74) is 3.34. The van der Waals surface area contributed by atoms with Gasteiger partial charge in [0, 0.05) is 58.1 Å². The Kier molecular flexibility index (Phi) is 9.02. The van der Waals surface area contributed by atoms with Crippen molar-refractivity contribution < 1.29 is 32.2 Å². The van der Waals surface area contributed by atoms with Crippen LogP contribution in [0.3, 0.4) is 0 Å². The molecular formula is C28H33NO7S. The molecule has 0 spiro atoms. The fourth-order valence-corrected chi connectivity index (χ4v) is 5.96. The molecule has 4 rings (SSSR count). The van der Waals surface area contributed by atoms with Gasteiger partial charge in [0.1, 0.15) is 5.75 Å². The molecule has 0 amide bonds. The molecule has 37 heavy (non-hydrogen) atoms. The molecule has 1 heterocycles. The molecule has 0 bridgehead atoms. The van der Waals surface area contributed by atoms with Crippen LogP contribution in [-0.4, -0.2) is 59.0 Å². The Bertz CT molecular complexity index is 1330. The molecule has 1 aliphatic rings. The first kappa shape index (κ1) is 26.9. The van der Waals surface area contributed by atoms with E-state index in [0.29, 0.717) is 56.1 Å². The van der Waals surface area contributed by atoms with E-state index in [-0.39, 0.29) is 17.1 Å². The zero-order valence-electron chi connectivity index (χ0n) is 21.3. The van der Waals surface area contributed by atoms with Crippen LogP contribution in [0.1, 0.15) is 40.7 Å². The lowest BCUT2D eigenvalue weighted by Gasteiger charge is -2.14. The standard InChI is InChI=1S/C28H33NO7S/c1-33-15-7-17-35-22-11-6-12-23(19-22)37(31,32)29-20-26(28(30)36-18-8-16-34-2)25-14-5-10-21-9-3-4-13-24(21)27(25)29/h3-4,6,9,11-13,19-20H,5,7-8,10,14-18H2,1-2H3. The Morgan fingerprint density at radius 3 is 2.46 bits per heavy atom. The highest BCUT2D eigenvalue weighted by molar-refractivity contribution is 7.90. The van der Waals surface area contributed by atoms with Gasteiger partial charge in [-0.05, 0) is 42.5 Å². The van der Waals surface area contributed by atoms with Crippen molar-refractivity contribution in [1.82, 2.24) is 3.97 Å². The van der Waals surface area contributed by atoms with Gasteiger partial charge in [0.15, 0.2) is 0 Å². The second kappa shape index (κ2) is 12.4. The van der Waals surface area contributed by atoms with Crippen molar-refractivity contribution in [2.45, 2.75) is 37.0 Å². The minimum atomic E-state index is -4.05. The molecule has 0 atom stereocenters. The molecule has 8 nitrogen and oxygen atoms in total. The molecule has 0 unspecified atom stereocenters. The zero-order chi connectivity index (χ0) is 26.3. The highest BCUT2D eigenvalue weighted by Gasteiger charge is 2.31. The quantitative estimate of drug-likeness (QED) is 0.253. The van der Waals surface area contributed by atoms with Gasteiger partial charge in [0.2, 0.25) is 0 Å². The predicted molar refractivity (Wildman–Crippen MR) is 140 cm³/mol. The Hall–Kier alpha value is -3.14. The smallest absolute Gasteiger partial charge is 0.340 e. The molecule has 0 saturated heterocycles. The second-order valence-corrected chi connectivity index (χ2v) is 10.6. The van der Waals surface area contributed by atoms with Crippen LogP contribution in [0, 0.1) is 0 Å². The van der Waals surface area contributed by atoms with Gasteiger partial charge in [-0.15, -0.1) is 0 Å². The van der Waals surface area contributed by atoms with Crippen LogP contribution in [0.4, 0.5) is 0 Å². The van der Waals surface area contributed by atoms with Gasteiger partial charge in [0.25, 0.3) is 10.0 Å². The van der Waals surface area contributed by atoms with Gasteiger partial charge >= 0.3 is 5.97 Å². The summed E-state index contributed by atoms with van der Waals surface area (Å²) < 4.78 is 50.6. The molecule has 1 aliphatic carbocycles. The summed E-state index contributed by atoms with van der Waals surface area (Å²) in [6.07, 6.45) is 4.81. The van der Waals surface area contributed by atoms with Crippen molar-refractivity contribution in [3.63, 3.8) is 0 Å². The lowest BCUT2D eigenvalue weighted by atomic mass is 10.0. The van der Waals surface area contributed by atoms with Gasteiger partial charge < -0.3 is 18.9 Å². The number of hydrogen-bond donors (Lipinski definition) is 0. The van der Waals surface area contributed by atoms with E-state index in [2.05, 4.69) is 0 Å². The average Bonchev–Trinajstić information content (AvgIpc) is 3.19. The Labute approximate surface area is 218 Å². The molecule has 1 aromatic heterocycles. The first-order valence-electron chi connectivity index (χ1n) is 12.4. The molecule has 2 aromatic carbocycles. The maximum Gasteiger partial charge on any atom is 0.340 e. The minimum Gasteiger partial charge on any atom is -0.493 e. The van der Waals surface area contributed by atoms with Crippen LogP contribution in [0.2, 0.25) is 0 Å². The number of aromatic nitrogens is 1. The summed E-state index contributed by atoms with van der Waals surface area (Å²) in [5.74, 6) is -0.0792. The Morgan fingerprint density at radius 2 is 1.68 bits per heavy atom. The summed E-state index contributed by atoms with van der Waals surface area (Å²) in [6.45, 7) is 1.62. The Balaban J connectivity index is 1.76. The predicted octanol–water partition coefficient (Wildman–Crippen LogP) is 4.49. The van der Waals surface area contributed by atoms with Gasteiger partial charge in [-0.1, -0.05) is 30.3 Å². The number of rotatable bonds is 12. The normalized spacial score (nSPS) is 12.9. The Morgan fingerprint density at radius 1 is 0.919 bits per heavy atom. The van der Waals surface area contributed by atoms with E-state index in [1.807, 2.05) is 24.3 Å². The van der Waals surface area contributed by atoms with Crippen LogP contribution < -0.4 is 4.74 Å². The maximum absolute atomic E-state index is 14.0. The van der Waals surface area contributed by atoms with Crippen molar-refractivity contribution >= 4 is 16.0 Å². The summed E-state index contributed by atoms with van der Waals surface area (Å²) >= 11 is 0. The highest BCUT2D eigenvalue weighted by Crippen LogP contribution is 2.38. The van der Waals surface area contributed by atoms with E-state index in [0.717, 1.165) is 24.0 Å². The molecule has 0 N–H and O–H groups in total. The van der Waals surface area contributed by atoms with Gasteiger partial charge in [-0.2, -0.15) is 0 Å². The molecule has 3 aromatic rings. The van der Waals surface area contributed by atoms with E-state index < -0.39 is 16.0 Å². The average molecular weight is 528 g/mol. The maximum atomic E-state index is 14.0. The van der Waals surface area contributed by atoms with E-state index in [1.54, 1.807) is 26.4 Å². The first-order valence-corrected chi connectivity index (χ1v) is 13.9. The highest BCUT2D eigenvalue weighted by atomic mass is 32.2. The molecule has 0 fully saturated rings. The molecule has 198 valence electrons. The van der Waals surface area contributed by atoms with E-state index in [9.17, 15) is 13.2 Å². The van der Waals surface area contributed by atoms with Gasteiger partial charge in [0.05, 0.1) is 29.4 Å². The van der Waals surface area contributed by atoms with Crippen molar-refractivity contribution in [3.05, 3.63) is 71.4 Å². The molecule has 9 heteroatoms. The van der Waals surface area contributed by atoms with Gasteiger partial charge in [-0.25, -0.2) is 17.2 Å². The number of carbonyl (C=O) groups is 1. The summed E-state index contributed by atoms with van der Waals surface area (Å²) in [4.78, 5) is 13.2. The number of hydrogen-bond acceptors (Lipinski definition) is 7. The zero-order valence-corrected chi connectivity index (χ0v) is 22.1. The largest absolute Gasteiger partial charge is 0.493 e. The van der Waals surface area contributed by atoms with Crippen LogP contribution in [0.5, 0.6) is 5.75 Å². The third kappa shape index (κ3) is 6.06. The monoisotopic (exact) mass is 527 g/mol.